The smallest absolute Gasteiger partial charge is 0.338 e. The maximum absolute atomic E-state index is 13.2. The van der Waals surface area contributed by atoms with Crippen molar-refractivity contribution in [1.29, 1.82) is 21.0 Å². The number of nitriles is 4. The van der Waals surface area contributed by atoms with Gasteiger partial charge in [0.2, 0.25) is 0 Å². The highest BCUT2D eigenvalue weighted by atomic mass is 16.6. The van der Waals surface area contributed by atoms with E-state index in [9.17, 15) is 30.6 Å². The summed E-state index contributed by atoms with van der Waals surface area (Å²) in [6.45, 7) is 5.69. The Morgan fingerprint density at radius 3 is 1.53 bits per heavy atom. The van der Waals surface area contributed by atoms with Gasteiger partial charge in [-0.05, 0) is 32.6 Å². The topological polar surface area (TPSA) is 160 Å². The van der Waals surface area contributed by atoms with Gasteiger partial charge >= 0.3 is 11.9 Å². The van der Waals surface area contributed by atoms with Crippen LogP contribution in [0.25, 0.3) is 0 Å². The van der Waals surface area contributed by atoms with Crippen molar-refractivity contribution >= 4 is 11.9 Å². The molecule has 0 saturated heterocycles. The Balaban J connectivity index is 2.55. The van der Waals surface area contributed by atoms with Crippen LogP contribution in [0.4, 0.5) is 0 Å². The third-order valence-electron chi connectivity index (χ3n) is 5.81. The van der Waals surface area contributed by atoms with Crippen molar-refractivity contribution in [3.8, 4) is 24.3 Å². The van der Waals surface area contributed by atoms with Crippen LogP contribution in [0, 0.1) is 57.2 Å². The van der Waals surface area contributed by atoms with Crippen LogP contribution in [-0.4, -0.2) is 23.1 Å². The van der Waals surface area contributed by atoms with Crippen LogP contribution in [0.2, 0.25) is 0 Å². The normalized spacial score (nSPS) is 17.9. The van der Waals surface area contributed by atoms with Gasteiger partial charge in [0, 0.05) is 31.2 Å². The molecule has 0 atom stereocenters. The summed E-state index contributed by atoms with van der Waals surface area (Å²) in [6.07, 6.45) is 4.37. The van der Waals surface area contributed by atoms with Gasteiger partial charge in [0.1, 0.15) is 24.3 Å². The molecule has 0 aromatic carbocycles. The van der Waals surface area contributed by atoms with Gasteiger partial charge in [0.05, 0.1) is 11.1 Å². The van der Waals surface area contributed by atoms with Crippen molar-refractivity contribution in [2.24, 2.45) is 11.8 Å². The van der Waals surface area contributed by atoms with E-state index in [0.29, 0.717) is 11.4 Å². The van der Waals surface area contributed by atoms with E-state index in [1.807, 2.05) is 0 Å². The Kier molecular flexibility index (Phi) is 7.29. The molecule has 166 valence electrons. The standard InChI is InChI=1S/C23H25N5O4/c1-14-17(20(29)31-22(3,10-24)11-25)19(16-8-6-5-7-9-16)18(15(2)28-14)21(30)32-23(4,12-26)13-27/h16,19,28H,5-9H2,1-4H3. The summed E-state index contributed by atoms with van der Waals surface area (Å²) < 4.78 is 10.5. The van der Waals surface area contributed by atoms with Crippen LogP contribution in [0.1, 0.15) is 59.8 Å². The van der Waals surface area contributed by atoms with Crippen LogP contribution in [0.3, 0.4) is 0 Å². The molecule has 1 heterocycles. The molecular weight excluding hydrogens is 410 g/mol. The number of ether oxygens (including phenoxy) is 2. The molecule has 0 bridgehead atoms. The molecule has 1 aliphatic heterocycles. The molecule has 32 heavy (non-hydrogen) atoms. The van der Waals surface area contributed by atoms with E-state index < -0.39 is 29.1 Å². The molecule has 1 N–H and O–H groups in total. The predicted molar refractivity (Wildman–Crippen MR) is 110 cm³/mol. The van der Waals surface area contributed by atoms with Crippen molar-refractivity contribution in [2.45, 2.75) is 71.0 Å². The van der Waals surface area contributed by atoms with Crippen LogP contribution in [-0.2, 0) is 19.1 Å². The lowest BCUT2D eigenvalue weighted by Crippen LogP contribution is -2.41. The Morgan fingerprint density at radius 1 is 0.812 bits per heavy atom. The highest BCUT2D eigenvalue weighted by Crippen LogP contribution is 2.43. The maximum atomic E-state index is 13.2. The number of rotatable bonds is 5. The van der Waals surface area contributed by atoms with Gasteiger partial charge in [-0.3, -0.25) is 0 Å². The van der Waals surface area contributed by atoms with Crippen LogP contribution in [0.5, 0.6) is 0 Å². The predicted octanol–water partition coefficient (Wildman–Crippen LogP) is 3.03. The minimum absolute atomic E-state index is 0.0910. The van der Waals surface area contributed by atoms with Gasteiger partial charge in [-0.15, -0.1) is 0 Å². The third-order valence-corrected chi connectivity index (χ3v) is 5.81. The summed E-state index contributed by atoms with van der Waals surface area (Å²) >= 11 is 0. The van der Waals surface area contributed by atoms with Crippen molar-refractivity contribution < 1.29 is 19.1 Å². The molecule has 0 aromatic rings. The molecule has 9 nitrogen and oxygen atoms in total. The molecule has 0 unspecified atom stereocenters. The summed E-state index contributed by atoms with van der Waals surface area (Å²) in [5.74, 6) is -2.57. The van der Waals surface area contributed by atoms with Crippen LogP contribution >= 0.6 is 0 Å². The number of nitrogens with one attached hydrogen (secondary N) is 1. The summed E-state index contributed by atoms with van der Waals surface area (Å²) in [7, 11) is 0. The first-order valence-corrected chi connectivity index (χ1v) is 10.3. The van der Waals surface area contributed by atoms with E-state index in [0.717, 1.165) is 32.1 Å². The molecule has 1 aliphatic carbocycles. The average molecular weight is 435 g/mol. The number of carbonyl (C=O) groups excluding carboxylic acids is 2. The zero-order chi connectivity index (χ0) is 24.1. The molecule has 2 rings (SSSR count). The number of esters is 2. The lowest BCUT2D eigenvalue weighted by molar-refractivity contribution is -0.147. The number of hydrogen-bond acceptors (Lipinski definition) is 9. The number of carbonyl (C=O) groups is 2. The minimum atomic E-state index is -1.99. The zero-order valence-corrected chi connectivity index (χ0v) is 18.6. The van der Waals surface area contributed by atoms with Gasteiger partial charge in [-0.25, -0.2) is 9.59 Å². The fourth-order valence-electron chi connectivity index (χ4n) is 4.15. The Hall–Kier alpha value is -3.82. The Labute approximate surface area is 187 Å². The Morgan fingerprint density at radius 2 is 1.19 bits per heavy atom. The molecular formula is C23H25N5O4. The fraction of sp³-hybridized carbons (Fsp3) is 0.565. The van der Waals surface area contributed by atoms with E-state index in [1.54, 1.807) is 38.1 Å². The third kappa shape index (κ3) is 4.90. The lowest BCUT2D eigenvalue weighted by Gasteiger charge is -2.37. The quantitative estimate of drug-likeness (QED) is 0.640. The lowest BCUT2D eigenvalue weighted by atomic mass is 9.71. The van der Waals surface area contributed by atoms with E-state index in [2.05, 4.69) is 5.32 Å². The first-order chi connectivity index (χ1) is 15.0. The second-order valence-corrected chi connectivity index (χ2v) is 8.37. The number of hydrogen-bond donors (Lipinski definition) is 1. The first kappa shape index (κ1) is 24.4. The zero-order valence-electron chi connectivity index (χ0n) is 18.6. The molecule has 2 aliphatic rings. The van der Waals surface area contributed by atoms with E-state index in [-0.39, 0.29) is 17.1 Å². The van der Waals surface area contributed by atoms with E-state index in [4.69, 9.17) is 9.47 Å². The molecule has 0 radical (unpaired) electrons. The number of nitrogens with zero attached hydrogens (tertiary/aromatic N) is 4. The molecule has 9 heteroatoms. The molecule has 0 spiro atoms. The van der Waals surface area contributed by atoms with Gasteiger partial charge in [-0.2, -0.15) is 21.0 Å². The van der Waals surface area contributed by atoms with Gasteiger partial charge < -0.3 is 14.8 Å². The van der Waals surface area contributed by atoms with Crippen molar-refractivity contribution in [1.82, 2.24) is 5.32 Å². The maximum Gasteiger partial charge on any atom is 0.338 e. The van der Waals surface area contributed by atoms with E-state index >= 15 is 0 Å². The minimum Gasteiger partial charge on any atom is -0.427 e. The average Bonchev–Trinajstić information content (AvgIpc) is 2.78. The van der Waals surface area contributed by atoms with E-state index in [1.165, 1.54) is 13.8 Å². The van der Waals surface area contributed by atoms with Gasteiger partial charge in [0.15, 0.2) is 0 Å². The van der Waals surface area contributed by atoms with Crippen molar-refractivity contribution in [2.75, 3.05) is 0 Å². The summed E-state index contributed by atoms with van der Waals surface area (Å²) in [6, 6.07) is 6.69. The molecule has 0 aromatic heterocycles. The van der Waals surface area contributed by atoms with Crippen LogP contribution in [0.15, 0.2) is 22.5 Å². The fourth-order valence-corrected chi connectivity index (χ4v) is 4.15. The highest BCUT2D eigenvalue weighted by molar-refractivity contribution is 5.98. The summed E-state index contributed by atoms with van der Waals surface area (Å²) in [5.41, 5.74) is -2.80. The molecule has 1 fully saturated rings. The van der Waals surface area contributed by atoms with Crippen molar-refractivity contribution in [3.05, 3.63) is 22.5 Å². The monoisotopic (exact) mass is 435 g/mol. The SMILES string of the molecule is CC1=C(C(=O)OC(C)(C#N)C#N)C(C2CCCCC2)C(C(=O)OC(C)(C#N)C#N)=C(C)N1. The van der Waals surface area contributed by atoms with Gasteiger partial charge in [-0.1, -0.05) is 19.3 Å². The Bertz CT molecular complexity index is 936. The molecule has 1 saturated carbocycles. The van der Waals surface area contributed by atoms with Crippen LogP contribution < -0.4 is 5.32 Å². The highest BCUT2D eigenvalue weighted by Gasteiger charge is 2.44. The summed E-state index contributed by atoms with van der Waals surface area (Å²) in [5, 5.41) is 40.0. The largest absolute Gasteiger partial charge is 0.427 e. The number of allylic oxidation sites excluding steroid dienone is 2. The second kappa shape index (κ2) is 9.54. The first-order valence-electron chi connectivity index (χ1n) is 10.3. The summed E-state index contributed by atoms with van der Waals surface area (Å²) in [4.78, 5) is 26.3. The second-order valence-electron chi connectivity index (χ2n) is 8.37. The number of dihydropyridines is 1. The van der Waals surface area contributed by atoms with Crippen molar-refractivity contribution in [3.63, 3.8) is 0 Å². The van der Waals surface area contributed by atoms with Gasteiger partial charge in [0.25, 0.3) is 11.2 Å². The molecule has 0 amide bonds.